The quantitative estimate of drug-likeness (QED) is 0.521. The number of nitrogens with one attached hydrogen (secondary N) is 2. The molecule has 2 aromatic carbocycles. The monoisotopic (exact) mass is 397 g/mol. The van der Waals surface area contributed by atoms with Crippen LogP contribution in [0, 0.1) is 0 Å². The lowest BCUT2D eigenvalue weighted by Gasteiger charge is -2.10. The molecule has 0 fully saturated rings. The molecule has 0 saturated carbocycles. The average Bonchev–Trinajstić information content (AvgIpc) is 2.71. The highest BCUT2D eigenvalue weighted by atomic mass is 16.5. The Morgan fingerprint density at radius 2 is 1.72 bits per heavy atom. The number of nitrogens with zero attached hydrogens (tertiary/aromatic N) is 1. The normalized spacial score (nSPS) is 11.2. The second kappa shape index (κ2) is 10.3. The smallest absolute Gasteiger partial charge is 0.275 e. The zero-order valence-electron chi connectivity index (χ0n) is 17.4. The summed E-state index contributed by atoms with van der Waals surface area (Å²) < 4.78 is 10.3. The van der Waals surface area contributed by atoms with E-state index in [1.54, 1.807) is 25.1 Å². The molecule has 0 atom stereocenters. The van der Waals surface area contributed by atoms with Crippen LogP contribution in [-0.2, 0) is 4.79 Å². The number of ether oxygens (including phenoxy) is 2. The zero-order chi connectivity index (χ0) is 21.4. The van der Waals surface area contributed by atoms with Crippen LogP contribution in [0.15, 0.2) is 47.6 Å². The van der Waals surface area contributed by atoms with Gasteiger partial charge in [-0.2, -0.15) is 5.10 Å². The Kier molecular flexibility index (Phi) is 7.77. The highest BCUT2D eigenvalue weighted by Crippen LogP contribution is 2.24. The molecule has 0 aromatic heterocycles. The summed E-state index contributed by atoms with van der Waals surface area (Å²) in [6.45, 7) is 5.90. The molecular weight excluding hydrogens is 370 g/mol. The number of carbonyl (C=O) groups is 2. The summed E-state index contributed by atoms with van der Waals surface area (Å²) in [5.74, 6) is 0.740. The van der Waals surface area contributed by atoms with Crippen molar-refractivity contribution in [1.82, 2.24) is 5.43 Å². The lowest BCUT2D eigenvalue weighted by molar-refractivity contribution is -0.115. The van der Waals surface area contributed by atoms with Gasteiger partial charge in [-0.05, 0) is 42.7 Å². The maximum atomic E-state index is 12.4. The molecule has 0 saturated heterocycles. The number of benzene rings is 2. The van der Waals surface area contributed by atoms with E-state index >= 15 is 0 Å². The van der Waals surface area contributed by atoms with Crippen molar-refractivity contribution >= 4 is 23.2 Å². The first kappa shape index (κ1) is 21.9. The van der Waals surface area contributed by atoms with Gasteiger partial charge in [-0.15, -0.1) is 0 Å². The summed E-state index contributed by atoms with van der Waals surface area (Å²) in [5, 5.41) is 6.83. The van der Waals surface area contributed by atoms with Crippen molar-refractivity contribution in [3.63, 3.8) is 0 Å². The summed E-state index contributed by atoms with van der Waals surface area (Å²) in [6, 6.07) is 12.6. The maximum absolute atomic E-state index is 12.4. The van der Waals surface area contributed by atoms with E-state index in [0.29, 0.717) is 28.7 Å². The Bertz CT molecular complexity index is 889. The van der Waals surface area contributed by atoms with Crippen LogP contribution < -0.4 is 20.2 Å². The van der Waals surface area contributed by atoms with E-state index in [0.717, 1.165) is 5.69 Å². The van der Waals surface area contributed by atoms with Crippen LogP contribution in [0.25, 0.3) is 0 Å². The van der Waals surface area contributed by atoms with E-state index in [4.69, 9.17) is 9.47 Å². The molecule has 0 spiro atoms. The van der Waals surface area contributed by atoms with Crippen LogP contribution in [0.5, 0.6) is 11.5 Å². The van der Waals surface area contributed by atoms with Gasteiger partial charge in [0.1, 0.15) is 11.5 Å². The Morgan fingerprint density at radius 1 is 1.03 bits per heavy atom. The molecule has 0 heterocycles. The number of carbonyl (C=O) groups excluding carboxylic acids is 2. The first-order valence-electron chi connectivity index (χ1n) is 9.29. The van der Waals surface area contributed by atoms with Gasteiger partial charge in [0.2, 0.25) is 5.91 Å². The SMILES string of the molecule is COc1ccc(C(=O)N/N=C(/C)CC(=O)Nc2ccc(C(C)C)cc2)c(OC)c1. The van der Waals surface area contributed by atoms with Gasteiger partial charge in [0, 0.05) is 17.5 Å². The Labute approximate surface area is 171 Å². The Balaban J connectivity index is 1.94. The molecule has 2 aromatic rings. The fourth-order valence-corrected chi connectivity index (χ4v) is 2.62. The molecule has 2 amide bonds. The van der Waals surface area contributed by atoms with Crippen molar-refractivity contribution in [1.29, 1.82) is 0 Å². The number of anilines is 1. The van der Waals surface area contributed by atoms with Gasteiger partial charge in [-0.25, -0.2) is 5.43 Å². The standard InChI is InChI=1S/C22H27N3O4/c1-14(2)16-6-8-17(9-7-16)23-21(26)12-15(3)24-25-22(27)19-11-10-18(28-4)13-20(19)29-5/h6-11,13-14H,12H2,1-5H3,(H,23,26)(H,25,27)/b24-15-. The predicted molar refractivity (Wildman–Crippen MR) is 114 cm³/mol. The lowest BCUT2D eigenvalue weighted by Crippen LogP contribution is -2.22. The molecule has 0 unspecified atom stereocenters. The van der Waals surface area contributed by atoms with E-state index in [-0.39, 0.29) is 12.3 Å². The largest absolute Gasteiger partial charge is 0.497 e. The Hall–Kier alpha value is -3.35. The van der Waals surface area contributed by atoms with Gasteiger partial charge in [0.15, 0.2) is 0 Å². The van der Waals surface area contributed by atoms with Crippen LogP contribution in [0.2, 0.25) is 0 Å². The molecule has 0 aliphatic heterocycles. The lowest BCUT2D eigenvalue weighted by atomic mass is 10.0. The maximum Gasteiger partial charge on any atom is 0.275 e. The fraction of sp³-hybridized carbons (Fsp3) is 0.318. The first-order chi connectivity index (χ1) is 13.8. The number of rotatable bonds is 8. The number of methoxy groups -OCH3 is 2. The van der Waals surface area contributed by atoms with Gasteiger partial charge in [0.05, 0.1) is 26.2 Å². The van der Waals surface area contributed by atoms with Crippen LogP contribution in [0.4, 0.5) is 5.69 Å². The van der Waals surface area contributed by atoms with Crippen molar-refractivity contribution in [2.24, 2.45) is 5.10 Å². The van der Waals surface area contributed by atoms with Gasteiger partial charge < -0.3 is 14.8 Å². The van der Waals surface area contributed by atoms with E-state index in [2.05, 4.69) is 29.7 Å². The summed E-state index contributed by atoms with van der Waals surface area (Å²) >= 11 is 0. The molecule has 29 heavy (non-hydrogen) atoms. The van der Waals surface area contributed by atoms with E-state index in [9.17, 15) is 9.59 Å². The van der Waals surface area contributed by atoms with Crippen molar-refractivity contribution in [2.45, 2.75) is 33.1 Å². The number of hydrazone groups is 1. The minimum Gasteiger partial charge on any atom is -0.497 e. The minimum atomic E-state index is -0.437. The highest BCUT2D eigenvalue weighted by molar-refractivity contribution is 6.06. The average molecular weight is 397 g/mol. The van der Waals surface area contributed by atoms with Crippen molar-refractivity contribution in [2.75, 3.05) is 19.5 Å². The second-order valence-electron chi connectivity index (χ2n) is 6.86. The van der Waals surface area contributed by atoms with Crippen molar-refractivity contribution in [3.05, 3.63) is 53.6 Å². The molecule has 0 aliphatic rings. The number of hydrogen-bond donors (Lipinski definition) is 2. The van der Waals surface area contributed by atoms with Crippen LogP contribution in [-0.4, -0.2) is 31.7 Å². The van der Waals surface area contributed by atoms with E-state index < -0.39 is 5.91 Å². The van der Waals surface area contributed by atoms with Crippen LogP contribution in [0.1, 0.15) is 49.0 Å². The fourth-order valence-electron chi connectivity index (χ4n) is 2.62. The molecule has 7 heteroatoms. The summed E-state index contributed by atoms with van der Waals surface area (Å²) in [7, 11) is 3.00. The molecule has 7 nitrogen and oxygen atoms in total. The van der Waals surface area contributed by atoms with Gasteiger partial charge in [0.25, 0.3) is 5.91 Å². The second-order valence-corrected chi connectivity index (χ2v) is 6.86. The molecule has 2 N–H and O–H groups in total. The summed E-state index contributed by atoms with van der Waals surface area (Å²) in [5.41, 5.74) is 5.17. The van der Waals surface area contributed by atoms with E-state index in [1.807, 2.05) is 24.3 Å². The van der Waals surface area contributed by atoms with Crippen LogP contribution in [0.3, 0.4) is 0 Å². The van der Waals surface area contributed by atoms with Gasteiger partial charge in [-0.3, -0.25) is 9.59 Å². The number of hydrogen-bond acceptors (Lipinski definition) is 5. The molecular formula is C22H27N3O4. The van der Waals surface area contributed by atoms with E-state index in [1.165, 1.54) is 19.8 Å². The molecule has 154 valence electrons. The first-order valence-corrected chi connectivity index (χ1v) is 9.29. The topological polar surface area (TPSA) is 89.0 Å². The third-order valence-corrected chi connectivity index (χ3v) is 4.28. The zero-order valence-corrected chi connectivity index (χ0v) is 17.4. The van der Waals surface area contributed by atoms with Crippen LogP contribution >= 0.6 is 0 Å². The Morgan fingerprint density at radius 3 is 2.31 bits per heavy atom. The predicted octanol–water partition coefficient (Wildman–Crippen LogP) is 3.96. The third-order valence-electron chi connectivity index (χ3n) is 4.28. The number of amides is 2. The van der Waals surface area contributed by atoms with Gasteiger partial charge in [-0.1, -0.05) is 26.0 Å². The highest BCUT2D eigenvalue weighted by Gasteiger charge is 2.13. The molecule has 2 rings (SSSR count). The van der Waals surface area contributed by atoms with Crippen molar-refractivity contribution in [3.8, 4) is 11.5 Å². The molecule has 0 radical (unpaired) electrons. The molecule has 0 bridgehead atoms. The van der Waals surface area contributed by atoms with Gasteiger partial charge >= 0.3 is 0 Å². The van der Waals surface area contributed by atoms with Crippen molar-refractivity contribution < 1.29 is 19.1 Å². The minimum absolute atomic E-state index is 0.0615. The summed E-state index contributed by atoms with van der Waals surface area (Å²) in [6.07, 6.45) is 0.0615. The summed E-state index contributed by atoms with van der Waals surface area (Å²) in [4.78, 5) is 24.5. The third kappa shape index (κ3) is 6.34. The molecule has 0 aliphatic carbocycles.